The van der Waals surface area contributed by atoms with E-state index in [1.807, 2.05) is 0 Å². The van der Waals surface area contributed by atoms with Crippen molar-refractivity contribution >= 4 is 52.0 Å². The highest BCUT2D eigenvalue weighted by Crippen LogP contribution is 2.39. The standard InChI is InChI=1S/C59H36F9N15O4/c1-32-26-34(28-48(71-32)75-54(84)44-29-70-49-21-18-41(76-81(44)49)35-10-3-6-13-38(35)57(60,61)62)79-30-45(82-52(79)22-19-42(77-82)36-11-4-7-14-39(36)58(63,64)65)55(85)72-33-24-25-69-50(27-33)80-31-46(56(86)74-47-16-9-17-51(73-47)87-2)83-53(80)23-20-43(78-83)37-12-5-8-15-40(37)59(66,67)68/h3-31H,1-2H3,(H-2,69,71,72,73,74,75,84,85,86)/p+2. The number of carbonyl (C=O) groups excluding carboxylic acids is 3. The first-order valence-corrected chi connectivity index (χ1v) is 25.7. The minimum Gasteiger partial charge on any atom is -0.481 e. The monoisotopic (exact) mass is 1190 g/mol. The number of fused-ring (bicyclic) bond motifs is 3. The van der Waals surface area contributed by atoms with Gasteiger partial charge in [0.2, 0.25) is 11.6 Å². The summed E-state index contributed by atoms with van der Waals surface area (Å²) in [7, 11) is 1.38. The second-order valence-electron chi connectivity index (χ2n) is 19.2. The van der Waals surface area contributed by atoms with Crippen LogP contribution in [0.5, 0.6) is 5.88 Å². The number of nitrogens with zero attached hydrogens (tertiary/aromatic N) is 12. The molecule has 0 radical (unpaired) electrons. The van der Waals surface area contributed by atoms with Crippen LogP contribution in [0.3, 0.4) is 0 Å². The van der Waals surface area contributed by atoms with Crippen molar-refractivity contribution in [3.8, 4) is 51.2 Å². The topological polar surface area (TPSA) is 208 Å². The van der Waals surface area contributed by atoms with Crippen LogP contribution in [-0.2, 0) is 18.5 Å². The maximum absolute atomic E-state index is 14.8. The largest absolute Gasteiger partial charge is 0.481 e. The Morgan fingerprint density at radius 1 is 0.494 bits per heavy atom. The molecule has 0 aliphatic carbocycles. The Hall–Kier alpha value is -11.5. The molecule has 9 aromatic heterocycles. The van der Waals surface area contributed by atoms with Crippen LogP contribution in [0.2, 0.25) is 0 Å². The van der Waals surface area contributed by atoms with Crippen LogP contribution in [0.25, 0.3) is 62.2 Å². The van der Waals surface area contributed by atoms with Crippen molar-refractivity contribution in [2.75, 3.05) is 23.1 Å². The number of amides is 3. The van der Waals surface area contributed by atoms with E-state index in [4.69, 9.17) is 4.74 Å². The highest BCUT2D eigenvalue weighted by Gasteiger charge is 2.38. The second kappa shape index (κ2) is 21.6. The predicted molar refractivity (Wildman–Crippen MR) is 293 cm³/mol. The molecule has 434 valence electrons. The van der Waals surface area contributed by atoms with Crippen molar-refractivity contribution in [2.24, 2.45) is 0 Å². The van der Waals surface area contributed by atoms with Crippen molar-refractivity contribution in [1.29, 1.82) is 0 Å². The van der Waals surface area contributed by atoms with Gasteiger partial charge in [0.15, 0.2) is 17.5 Å². The number of carbonyl (C=O) groups is 3. The van der Waals surface area contributed by atoms with E-state index in [9.17, 15) is 53.9 Å². The van der Waals surface area contributed by atoms with E-state index in [2.05, 4.69) is 51.2 Å². The van der Waals surface area contributed by atoms with Crippen molar-refractivity contribution in [3.63, 3.8) is 0 Å². The molecule has 12 aromatic rings. The number of pyridine rings is 3. The third-order valence-corrected chi connectivity index (χ3v) is 13.6. The predicted octanol–water partition coefficient (Wildman–Crippen LogP) is 10.9. The molecular weight excluding hydrogens is 1150 g/mol. The normalized spacial score (nSPS) is 12.0. The number of methoxy groups -OCH3 is 1. The van der Waals surface area contributed by atoms with E-state index in [-0.39, 0.29) is 103 Å². The summed E-state index contributed by atoms with van der Waals surface area (Å²) in [5.74, 6) is -2.24. The van der Waals surface area contributed by atoms with Gasteiger partial charge in [-0.15, -0.1) is 14.6 Å². The highest BCUT2D eigenvalue weighted by molar-refractivity contribution is 6.04. The average molecular weight is 1190 g/mol. The molecule has 0 fully saturated rings. The lowest BCUT2D eigenvalue weighted by Crippen LogP contribution is -2.31. The van der Waals surface area contributed by atoms with Gasteiger partial charge in [0.25, 0.3) is 29.0 Å². The molecule has 28 heteroatoms. The first-order valence-electron chi connectivity index (χ1n) is 25.7. The lowest BCUT2D eigenvalue weighted by atomic mass is 10.0. The number of benzene rings is 3. The fourth-order valence-electron chi connectivity index (χ4n) is 9.69. The molecule has 0 aliphatic rings. The second-order valence-corrected chi connectivity index (χ2v) is 19.2. The molecule has 3 aromatic carbocycles. The molecule has 0 saturated heterocycles. The summed E-state index contributed by atoms with van der Waals surface area (Å²) in [5.41, 5.74) is -3.75. The minimum absolute atomic E-state index is 0.0554. The Kier molecular flexibility index (Phi) is 13.9. The van der Waals surface area contributed by atoms with Gasteiger partial charge in [-0.1, -0.05) is 70.3 Å². The molecule has 3 amide bonds. The van der Waals surface area contributed by atoms with Crippen molar-refractivity contribution in [2.45, 2.75) is 25.5 Å². The third kappa shape index (κ3) is 10.9. The van der Waals surface area contributed by atoms with Gasteiger partial charge < -0.3 is 20.7 Å². The van der Waals surface area contributed by atoms with Crippen LogP contribution in [0.15, 0.2) is 176 Å². The molecule has 0 bridgehead atoms. The van der Waals surface area contributed by atoms with E-state index in [0.29, 0.717) is 5.69 Å². The zero-order valence-electron chi connectivity index (χ0n) is 44.6. The van der Waals surface area contributed by atoms with Gasteiger partial charge in [0.1, 0.15) is 41.1 Å². The summed E-state index contributed by atoms with van der Waals surface area (Å²) < 4.78 is 140. The van der Waals surface area contributed by atoms with Gasteiger partial charge in [0, 0.05) is 58.8 Å². The van der Waals surface area contributed by atoms with Crippen LogP contribution in [0.4, 0.5) is 56.8 Å². The molecule has 0 saturated carbocycles. The number of anilines is 3. The van der Waals surface area contributed by atoms with Gasteiger partial charge in [-0.2, -0.15) is 58.7 Å². The summed E-state index contributed by atoms with van der Waals surface area (Å²) in [5, 5.41) is 21.5. The maximum atomic E-state index is 14.8. The fraction of sp³-hybridized carbons (Fsp3) is 0.0847. The number of alkyl halides is 9. The Morgan fingerprint density at radius 2 is 1.00 bits per heavy atom. The molecular formula is C59H38F9N15O4+2. The average Bonchev–Trinajstić information content (AvgIpc) is 2.32. The van der Waals surface area contributed by atoms with E-state index >= 15 is 0 Å². The number of hydrogen-bond donors (Lipinski definition) is 3. The SMILES string of the molecule is COc1cccc(NC(=O)c2c[n+](-c3cc(NC(=O)c4c[n+](-c5cc(C)nc(NC(=O)c6cnc7ccc(-c8ccccc8C(F)(F)F)nn67)c5)c5ccc(-c6ccccc6C(F)(F)F)nn45)ccn3)c3ccc(-c4ccccc4C(F)(F)F)nn23)n1. The number of halogens is 9. The van der Waals surface area contributed by atoms with Crippen LogP contribution >= 0.6 is 0 Å². The zero-order chi connectivity index (χ0) is 61.1. The van der Waals surface area contributed by atoms with Gasteiger partial charge >= 0.3 is 30.1 Å². The minimum atomic E-state index is -4.81. The lowest BCUT2D eigenvalue weighted by Gasteiger charge is -2.12. The van der Waals surface area contributed by atoms with Gasteiger partial charge in [0.05, 0.1) is 41.4 Å². The lowest BCUT2D eigenvalue weighted by molar-refractivity contribution is -0.570. The quantitative estimate of drug-likeness (QED) is 0.0774. The summed E-state index contributed by atoms with van der Waals surface area (Å²) in [4.78, 5) is 60.3. The fourth-order valence-corrected chi connectivity index (χ4v) is 9.69. The van der Waals surface area contributed by atoms with Crippen molar-refractivity contribution in [1.82, 2.24) is 48.8 Å². The summed E-state index contributed by atoms with van der Waals surface area (Å²) >= 11 is 0. The smallest absolute Gasteiger partial charge is 0.417 e. The van der Waals surface area contributed by atoms with E-state index < -0.39 is 52.9 Å². The molecule has 87 heavy (non-hydrogen) atoms. The number of hydrogen-bond acceptors (Lipinski definition) is 11. The summed E-state index contributed by atoms with van der Waals surface area (Å²) in [6.45, 7) is 1.60. The van der Waals surface area contributed by atoms with E-state index in [0.717, 1.165) is 31.7 Å². The van der Waals surface area contributed by atoms with E-state index in [1.54, 1.807) is 25.1 Å². The molecule has 3 N–H and O–H groups in total. The summed E-state index contributed by atoms with van der Waals surface area (Å²) in [6, 6.07) is 33.0. The number of imidazole rings is 3. The Bertz CT molecular complexity index is 4750. The zero-order valence-corrected chi connectivity index (χ0v) is 44.6. The van der Waals surface area contributed by atoms with Crippen LogP contribution < -0.4 is 29.8 Å². The van der Waals surface area contributed by atoms with Crippen LogP contribution in [0.1, 0.15) is 53.8 Å². The Morgan fingerprint density at radius 3 is 1.57 bits per heavy atom. The number of ether oxygens (including phenoxy) is 1. The van der Waals surface area contributed by atoms with Crippen molar-refractivity contribution < 1.29 is 67.8 Å². The maximum Gasteiger partial charge on any atom is 0.417 e. The molecule has 0 aliphatic heterocycles. The van der Waals surface area contributed by atoms with Gasteiger partial charge in [-0.25, -0.2) is 14.5 Å². The van der Waals surface area contributed by atoms with Gasteiger partial charge in [-0.05, 0) is 61.5 Å². The molecule has 0 atom stereocenters. The molecule has 0 spiro atoms. The Balaban J connectivity index is 0.912. The number of aryl methyl sites for hydroxylation is 1. The first-order chi connectivity index (χ1) is 41.6. The number of aromatic nitrogens is 12. The number of nitrogens with one attached hydrogen (secondary N) is 3. The van der Waals surface area contributed by atoms with Crippen molar-refractivity contribution in [3.05, 3.63) is 216 Å². The summed E-state index contributed by atoms with van der Waals surface area (Å²) in [6.07, 6.45) is -9.14. The van der Waals surface area contributed by atoms with Crippen LogP contribution in [0, 0.1) is 6.92 Å². The molecule has 9 heterocycles. The Labute approximate surface area is 482 Å². The third-order valence-electron chi connectivity index (χ3n) is 13.6. The molecule has 0 unspecified atom stereocenters. The van der Waals surface area contributed by atoms with Crippen LogP contribution in [-0.4, -0.2) is 73.6 Å². The van der Waals surface area contributed by atoms with Gasteiger partial charge in [-0.3, -0.25) is 14.4 Å². The number of rotatable bonds is 12. The molecule has 19 nitrogen and oxygen atoms in total. The molecule has 12 rings (SSSR count). The first kappa shape index (κ1) is 56.1. The van der Waals surface area contributed by atoms with E-state index in [1.165, 1.54) is 156 Å². The highest BCUT2D eigenvalue weighted by atomic mass is 19.4.